The molecule has 1 fully saturated rings. The van der Waals surface area contributed by atoms with Crippen molar-refractivity contribution in [1.29, 1.82) is 0 Å². The predicted molar refractivity (Wildman–Crippen MR) is 63.3 cm³/mol. The summed E-state index contributed by atoms with van der Waals surface area (Å²) in [4.78, 5) is 16.3. The quantitative estimate of drug-likeness (QED) is 0.708. The summed E-state index contributed by atoms with van der Waals surface area (Å²) in [6.45, 7) is 2.47. The molecule has 1 aliphatic rings. The molecule has 0 saturated heterocycles. The van der Waals surface area contributed by atoms with Crippen LogP contribution in [0.5, 0.6) is 5.75 Å². The minimum Gasteiger partial charge on any atom is -0.495 e. The van der Waals surface area contributed by atoms with Gasteiger partial charge in [0.05, 0.1) is 13.3 Å². The molecular formula is C13H17NO3. The molecule has 4 nitrogen and oxygen atoms in total. The third kappa shape index (κ3) is 2.82. The lowest BCUT2D eigenvalue weighted by atomic mass is 10.0. The van der Waals surface area contributed by atoms with Crippen LogP contribution < -0.4 is 4.74 Å². The van der Waals surface area contributed by atoms with Crippen molar-refractivity contribution in [3.8, 4) is 5.75 Å². The molecule has 1 heterocycles. The molecule has 4 heteroatoms. The molecule has 0 spiro atoms. The van der Waals surface area contributed by atoms with Gasteiger partial charge in [-0.15, -0.1) is 0 Å². The lowest BCUT2D eigenvalue weighted by Gasteiger charge is -2.15. The first-order valence-electron chi connectivity index (χ1n) is 5.91. The van der Waals surface area contributed by atoms with Crippen LogP contribution in [0.3, 0.4) is 0 Å². The van der Waals surface area contributed by atoms with E-state index >= 15 is 0 Å². The van der Waals surface area contributed by atoms with Gasteiger partial charge in [-0.05, 0) is 31.7 Å². The highest BCUT2D eigenvalue weighted by molar-refractivity contribution is 5.99. The molecule has 17 heavy (non-hydrogen) atoms. The fraction of sp³-hybridized carbons (Fsp3) is 0.538. The van der Waals surface area contributed by atoms with Crippen molar-refractivity contribution in [1.82, 2.24) is 4.98 Å². The molecule has 1 saturated carbocycles. The fourth-order valence-electron chi connectivity index (χ4n) is 1.83. The van der Waals surface area contributed by atoms with Gasteiger partial charge in [-0.25, -0.2) is 0 Å². The van der Waals surface area contributed by atoms with E-state index < -0.39 is 0 Å². The van der Waals surface area contributed by atoms with Gasteiger partial charge in [0.1, 0.15) is 11.9 Å². The Bertz CT molecular complexity index is 401. The average molecular weight is 235 g/mol. The van der Waals surface area contributed by atoms with Crippen LogP contribution >= 0.6 is 0 Å². The highest BCUT2D eigenvalue weighted by Crippen LogP contribution is 2.36. The Morgan fingerprint density at radius 3 is 2.88 bits per heavy atom. The Morgan fingerprint density at radius 1 is 1.53 bits per heavy atom. The zero-order chi connectivity index (χ0) is 12.3. The van der Waals surface area contributed by atoms with Gasteiger partial charge in [-0.1, -0.05) is 0 Å². The van der Waals surface area contributed by atoms with Gasteiger partial charge in [0, 0.05) is 18.4 Å². The van der Waals surface area contributed by atoms with E-state index in [4.69, 9.17) is 9.47 Å². The number of nitrogens with zero attached hydrogens (tertiary/aromatic N) is 1. The summed E-state index contributed by atoms with van der Waals surface area (Å²) in [7, 11) is 1.56. The lowest BCUT2D eigenvalue weighted by molar-refractivity contribution is 0.0374. The molecule has 1 atom stereocenters. The Balaban J connectivity index is 2.15. The maximum Gasteiger partial charge on any atom is 0.193 e. The van der Waals surface area contributed by atoms with Gasteiger partial charge >= 0.3 is 0 Å². The lowest BCUT2D eigenvalue weighted by Crippen LogP contribution is -2.26. The highest BCUT2D eigenvalue weighted by Gasteiger charge is 2.37. The molecule has 1 aliphatic carbocycles. The largest absolute Gasteiger partial charge is 0.495 e. The summed E-state index contributed by atoms with van der Waals surface area (Å²) in [6, 6.07) is 1.71. The van der Waals surface area contributed by atoms with Crippen molar-refractivity contribution in [3.05, 3.63) is 24.0 Å². The second-order valence-corrected chi connectivity index (χ2v) is 4.19. The molecule has 0 N–H and O–H groups in total. The molecule has 1 aromatic rings. The first-order valence-corrected chi connectivity index (χ1v) is 5.91. The first kappa shape index (κ1) is 12.0. The third-order valence-corrected chi connectivity index (χ3v) is 2.89. The fourth-order valence-corrected chi connectivity index (χ4v) is 1.83. The van der Waals surface area contributed by atoms with E-state index in [1.54, 1.807) is 25.6 Å². The van der Waals surface area contributed by atoms with Gasteiger partial charge < -0.3 is 9.47 Å². The summed E-state index contributed by atoms with van der Waals surface area (Å²) in [5, 5.41) is 0. The highest BCUT2D eigenvalue weighted by atomic mass is 16.5. The number of hydrogen-bond donors (Lipinski definition) is 0. The number of carbonyl (C=O) groups is 1. The van der Waals surface area contributed by atoms with Crippen molar-refractivity contribution in [2.75, 3.05) is 13.7 Å². The summed E-state index contributed by atoms with van der Waals surface area (Å²) < 4.78 is 10.6. The normalized spacial score (nSPS) is 16.6. The summed E-state index contributed by atoms with van der Waals surface area (Å²) in [6.07, 6.45) is 5.00. The molecule has 1 unspecified atom stereocenters. The minimum absolute atomic E-state index is 0.0146. The standard InChI is InChI=1S/C13H17NO3/c1-3-17-13(9-4-5-9)12(15)10-6-11(16-2)8-14-7-10/h6-9,13H,3-5H2,1-2H3. The van der Waals surface area contributed by atoms with Crippen molar-refractivity contribution in [2.45, 2.75) is 25.9 Å². The van der Waals surface area contributed by atoms with Crippen LogP contribution in [0, 0.1) is 5.92 Å². The molecule has 0 aromatic carbocycles. The van der Waals surface area contributed by atoms with Crippen LogP contribution in [0.25, 0.3) is 0 Å². The van der Waals surface area contributed by atoms with E-state index in [0.29, 0.717) is 23.8 Å². The van der Waals surface area contributed by atoms with E-state index in [0.717, 1.165) is 12.8 Å². The molecule has 92 valence electrons. The first-order chi connectivity index (χ1) is 8.26. The van der Waals surface area contributed by atoms with Crippen molar-refractivity contribution in [2.24, 2.45) is 5.92 Å². The van der Waals surface area contributed by atoms with E-state index in [1.165, 1.54) is 0 Å². The molecule has 0 aliphatic heterocycles. The minimum atomic E-state index is -0.311. The third-order valence-electron chi connectivity index (χ3n) is 2.89. The van der Waals surface area contributed by atoms with Crippen LogP contribution in [-0.4, -0.2) is 30.6 Å². The summed E-state index contributed by atoms with van der Waals surface area (Å²) in [5.41, 5.74) is 0.565. The van der Waals surface area contributed by atoms with Crippen molar-refractivity contribution >= 4 is 5.78 Å². The molecule has 0 radical (unpaired) electrons. The molecule has 2 rings (SSSR count). The number of ether oxygens (including phenoxy) is 2. The second kappa shape index (κ2) is 5.27. The monoisotopic (exact) mass is 235 g/mol. The Labute approximate surface area is 101 Å². The summed E-state index contributed by atoms with van der Waals surface area (Å²) >= 11 is 0. The number of aromatic nitrogens is 1. The van der Waals surface area contributed by atoms with Crippen LogP contribution in [-0.2, 0) is 4.74 Å². The van der Waals surface area contributed by atoms with Crippen molar-refractivity contribution < 1.29 is 14.3 Å². The maximum absolute atomic E-state index is 12.3. The van der Waals surface area contributed by atoms with Gasteiger partial charge in [-0.2, -0.15) is 0 Å². The number of rotatable bonds is 6. The van der Waals surface area contributed by atoms with E-state index in [2.05, 4.69) is 4.98 Å². The van der Waals surface area contributed by atoms with Crippen LogP contribution in [0.4, 0.5) is 0 Å². The zero-order valence-corrected chi connectivity index (χ0v) is 10.2. The van der Waals surface area contributed by atoms with E-state index in [-0.39, 0.29) is 11.9 Å². The number of ketones is 1. The molecule has 1 aromatic heterocycles. The zero-order valence-electron chi connectivity index (χ0n) is 10.2. The number of pyridine rings is 1. The Hall–Kier alpha value is -1.42. The van der Waals surface area contributed by atoms with Gasteiger partial charge in [0.2, 0.25) is 0 Å². The molecular weight excluding hydrogens is 218 g/mol. The van der Waals surface area contributed by atoms with Crippen LogP contribution in [0.1, 0.15) is 30.1 Å². The Kier molecular flexibility index (Phi) is 3.74. The van der Waals surface area contributed by atoms with Crippen molar-refractivity contribution in [3.63, 3.8) is 0 Å². The number of methoxy groups -OCH3 is 1. The predicted octanol–water partition coefficient (Wildman–Crippen LogP) is 2.09. The van der Waals surface area contributed by atoms with Gasteiger partial charge in [0.25, 0.3) is 0 Å². The second-order valence-electron chi connectivity index (χ2n) is 4.19. The smallest absolute Gasteiger partial charge is 0.193 e. The maximum atomic E-state index is 12.3. The molecule has 0 amide bonds. The summed E-state index contributed by atoms with van der Waals surface area (Å²) in [5.74, 6) is 0.997. The average Bonchev–Trinajstić information content (AvgIpc) is 3.19. The number of hydrogen-bond acceptors (Lipinski definition) is 4. The van der Waals surface area contributed by atoms with E-state index in [9.17, 15) is 4.79 Å². The van der Waals surface area contributed by atoms with Crippen LogP contribution in [0.15, 0.2) is 18.5 Å². The Morgan fingerprint density at radius 2 is 2.29 bits per heavy atom. The van der Waals surface area contributed by atoms with Crippen LogP contribution in [0.2, 0.25) is 0 Å². The van der Waals surface area contributed by atoms with Gasteiger partial charge in [-0.3, -0.25) is 9.78 Å². The topological polar surface area (TPSA) is 48.4 Å². The number of carbonyl (C=O) groups excluding carboxylic acids is 1. The van der Waals surface area contributed by atoms with Gasteiger partial charge in [0.15, 0.2) is 5.78 Å². The SMILES string of the molecule is CCOC(C(=O)c1cncc(OC)c1)C1CC1. The van der Waals surface area contributed by atoms with E-state index in [1.807, 2.05) is 6.92 Å². The number of Topliss-reactive ketones (excluding diaryl/α,β-unsaturated/α-hetero) is 1. The molecule has 0 bridgehead atoms.